The first-order valence-corrected chi connectivity index (χ1v) is 17.4. The van der Waals surface area contributed by atoms with Crippen molar-refractivity contribution in [2.24, 2.45) is 5.73 Å². The number of ether oxygens (including phenoxy) is 4. The molecule has 1 aromatic heterocycles. The molecule has 2 unspecified atom stereocenters. The maximum atomic E-state index is 12.6. The summed E-state index contributed by atoms with van der Waals surface area (Å²) in [6.45, 7) is -0.0363. The van der Waals surface area contributed by atoms with Crippen LogP contribution in [0.5, 0.6) is 5.75 Å². The fourth-order valence-electron chi connectivity index (χ4n) is 4.84. The quantitative estimate of drug-likeness (QED) is 0.0325. The summed E-state index contributed by atoms with van der Waals surface area (Å²) in [5, 5.41) is 35.2. The van der Waals surface area contributed by atoms with Crippen molar-refractivity contribution in [2.45, 2.75) is 31.7 Å². The van der Waals surface area contributed by atoms with Gasteiger partial charge in [0.25, 0.3) is 11.8 Å². The van der Waals surface area contributed by atoms with E-state index in [-0.39, 0.29) is 93.4 Å². The Morgan fingerprint density at radius 3 is 2.23 bits per heavy atom. The third kappa shape index (κ3) is 15.7. The minimum atomic E-state index is -1.39. The summed E-state index contributed by atoms with van der Waals surface area (Å²) in [5.74, 6) is 1.42. The van der Waals surface area contributed by atoms with Crippen LogP contribution < -0.4 is 37.8 Å². The van der Waals surface area contributed by atoms with Gasteiger partial charge in [-0.05, 0) is 49.2 Å². The number of rotatable bonds is 23. The molecule has 0 bridgehead atoms. The van der Waals surface area contributed by atoms with Crippen LogP contribution in [0.4, 0.5) is 5.82 Å². The number of nitrogen functional groups attached to an aromatic ring is 1. The lowest BCUT2D eigenvalue weighted by atomic mass is 10.1. The number of hydrogen-bond acceptors (Lipinski definition) is 14. The highest BCUT2D eigenvalue weighted by molar-refractivity contribution is 6.01. The molecule has 57 heavy (non-hydrogen) atoms. The molecule has 0 saturated carbocycles. The molecule has 306 valence electrons. The van der Waals surface area contributed by atoms with Crippen molar-refractivity contribution in [1.29, 1.82) is 0 Å². The van der Waals surface area contributed by atoms with E-state index < -0.39 is 41.6 Å². The van der Waals surface area contributed by atoms with Gasteiger partial charge in [0.1, 0.15) is 31.0 Å². The Kier molecular flexibility index (Phi) is 18.6. The molecule has 2 aromatic carbocycles. The number of aliphatic hydroxyl groups excluding tert-OH is 1. The van der Waals surface area contributed by atoms with Crippen molar-refractivity contribution >= 4 is 35.5 Å². The standard InChI is InChI=1S/C37H45N7O13/c1-54-28(8-13-45)7-12-44-20-24(32(39)43-37(44)53)5-3-9-40-31(46)22-55-14-15-56-30(38)21-57-29-6-2-4-23(19-29)33(47)41-10-11-42-34(48)25-16-26(35(49)50)18-27(17-25)36(51)52/h2,4,6,16-20,28,30,45H,7-15,21-22,38H2,1H3,(H,40,46)(H,41,47)(H,42,48)(H,49,50)(H,51,52)(H2,39,43,53). The van der Waals surface area contributed by atoms with E-state index in [0.717, 1.165) is 18.2 Å². The molecule has 3 amide bonds. The van der Waals surface area contributed by atoms with E-state index in [9.17, 15) is 39.0 Å². The number of methoxy groups -OCH3 is 1. The van der Waals surface area contributed by atoms with Gasteiger partial charge < -0.3 is 61.7 Å². The van der Waals surface area contributed by atoms with Gasteiger partial charge in [-0.25, -0.2) is 14.4 Å². The maximum Gasteiger partial charge on any atom is 0.349 e. The molecule has 20 heteroatoms. The fourth-order valence-corrected chi connectivity index (χ4v) is 4.84. The molecule has 3 aromatic rings. The number of amides is 3. The third-order valence-corrected chi connectivity index (χ3v) is 7.78. The van der Waals surface area contributed by atoms with E-state index in [4.69, 9.17) is 35.5 Å². The molecule has 0 aliphatic carbocycles. The number of nitrogens with zero attached hydrogens (tertiary/aromatic N) is 2. The summed E-state index contributed by atoms with van der Waals surface area (Å²) in [7, 11) is 1.52. The number of hydrogen-bond donors (Lipinski definition) is 8. The van der Waals surface area contributed by atoms with Gasteiger partial charge in [-0.15, -0.1) is 0 Å². The number of carboxylic acids is 2. The second kappa shape index (κ2) is 23.5. The number of carboxylic acid groups (broad SMARTS) is 2. The van der Waals surface area contributed by atoms with Crippen molar-refractivity contribution in [2.75, 3.05) is 65.5 Å². The zero-order valence-corrected chi connectivity index (χ0v) is 31.0. The van der Waals surface area contributed by atoms with Gasteiger partial charge in [0, 0.05) is 50.7 Å². The first kappa shape index (κ1) is 45.0. The van der Waals surface area contributed by atoms with Crippen LogP contribution in [-0.4, -0.2) is 127 Å². The molecule has 20 nitrogen and oxygen atoms in total. The van der Waals surface area contributed by atoms with Crippen LogP contribution in [0.1, 0.15) is 59.8 Å². The van der Waals surface area contributed by atoms with Crippen LogP contribution in [0, 0.1) is 11.8 Å². The van der Waals surface area contributed by atoms with Gasteiger partial charge in [-0.1, -0.05) is 17.9 Å². The average molecular weight is 796 g/mol. The highest BCUT2D eigenvalue weighted by Crippen LogP contribution is 2.14. The van der Waals surface area contributed by atoms with Crippen molar-refractivity contribution in [3.05, 3.63) is 87.0 Å². The minimum absolute atomic E-state index is 0.00809. The van der Waals surface area contributed by atoms with Gasteiger partial charge in [0.2, 0.25) is 5.91 Å². The number of aromatic nitrogens is 2. The molecule has 0 aliphatic heterocycles. The molecule has 0 radical (unpaired) electrons. The summed E-state index contributed by atoms with van der Waals surface area (Å²) < 4.78 is 23.0. The van der Waals surface area contributed by atoms with E-state index in [1.54, 1.807) is 18.2 Å². The highest BCUT2D eigenvalue weighted by atomic mass is 16.6. The van der Waals surface area contributed by atoms with E-state index >= 15 is 0 Å². The fraction of sp³-hybridized carbons (Fsp3) is 0.378. The molecule has 3 rings (SSSR count). The number of nitrogens with two attached hydrogens (primary N) is 2. The van der Waals surface area contributed by atoms with E-state index in [0.29, 0.717) is 24.2 Å². The zero-order valence-electron chi connectivity index (χ0n) is 31.0. The lowest BCUT2D eigenvalue weighted by molar-refractivity contribution is -0.126. The molecule has 1 heterocycles. The van der Waals surface area contributed by atoms with Crippen molar-refractivity contribution in [3.8, 4) is 17.6 Å². The lowest BCUT2D eigenvalue weighted by Crippen LogP contribution is -2.35. The normalized spacial score (nSPS) is 11.7. The largest absolute Gasteiger partial charge is 0.489 e. The van der Waals surface area contributed by atoms with Crippen LogP contribution in [0.25, 0.3) is 0 Å². The predicted octanol–water partition coefficient (Wildman–Crippen LogP) is -0.966. The molecule has 0 spiro atoms. The van der Waals surface area contributed by atoms with Crippen LogP contribution >= 0.6 is 0 Å². The van der Waals surface area contributed by atoms with Crippen molar-refractivity contribution < 1.29 is 58.2 Å². The second-order valence-corrected chi connectivity index (χ2v) is 12.0. The number of aromatic carboxylic acids is 2. The summed E-state index contributed by atoms with van der Waals surface area (Å²) in [5.41, 5.74) is 10.9. The summed E-state index contributed by atoms with van der Waals surface area (Å²) in [6.07, 6.45) is 1.30. The molecule has 2 atom stereocenters. The lowest BCUT2D eigenvalue weighted by Gasteiger charge is -2.15. The number of nitrogens with one attached hydrogen (secondary N) is 3. The summed E-state index contributed by atoms with van der Waals surface area (Å²) in [6, 6.07) is 9.25. The SMILES string of the molecule is COC(CCO)CCn1cc(C#CCNC(=O)COCCOC(N)COc2cccc(C(=O)NCCNC(=O)c3cc(C(=O)O)cc(C(=O)O)c3)c2)c(N)nc1=O. The van der Waals surface area contributed by atoms with Crippen LogP contribution in [0.3, 0.4) is 0 Å². The van der Waals surface area contributed by atoms with Gasteiger partial charge in [0.15, 0.2) is 0 Å². The number of carbonyl (C=O) groups excluding carboxylic acids is 3. The van der Waals surface area contributed by atoms with Gasteiger partial charge in [-0.2, -0.15) is 4.98 Å². The molecular formula is C37H45N7O13. The summed E-state index contributed by atoms with van der Waals surface area (Å²) in [4.78, 5) is 75.8. The second-order valence-electron chi connectivity index (χ2n) is 12.0. The van der Waals surface area contributed by atoms with Gasteiger partial charge in [-0.3, -0.25) is 19.0 Å². The van der Waals surface area contributed by atoms with Crippen LogP contribution in [0.15, 0.2) is 53.5 Å². The van der Waals surface area contributed by atoms with Crippen molar-refractivity contribution in [1.82, 2.24) is 25.5 Å². The molecule has 0 fully saturated rings. The Hall–Kier alpha value is -6.37. The predicted molar refractivity (Wildman–Crippen MR) is 202 cm³/mol. The Morgan fingerprint density at radius 2 is 1.58 bits per heavy atom. The Bertz CT molecular complexity index is 1960. The number of anilines is 1. The average Bonchev–Trinajstić information content (AvgIpc) is 3.19. The van der Waals surface area contributed by atoms with E-state index in [1.165, 1.54) is 23.9 Å². The number of carbonyl (C=O) groups is 5. The molecular weight excluding hydrogens is 750 g/mol. The van der Waals surface area contributed by atoms with E-state index in [2.05, 4.69) is 32.8 Å². The van der Waals surface area contributed by atoms with Gasteiger partial charge >= 0.3 is 17.6 Å². The Labute approximate surface area is 326 Å². The number of aliphatic hydroxyl groups is 1. The smallest absolute Gasteiger partial charge is 0.349 e. The topological polar surface area (TPSA) is 306 Å². The van der Waals surface area contributed by atoms with Crippen LogP contribution in [-0.2, 0) is 25.5 Å². The first-order valence-electron chi connectivity index (χ1n) is 17.4. The molecule has 10 N–H and O–H groups in total. The molecule has 0 aliphatic rings. The Morgan fingerprint density at radius 1 is 0.912 bits per heavy atom. The van der Waals surface area contributed by atoms with Gasteiger partial charge in [0.05, 0.1) is 42.6 Å². The summed E-state index contributed by atoms with van der Waals surface area (Å²) >= 11 is 0. The highest BCUT2D eigenvalue weighted by Gasteiger charge is 2.16. The zero-order chi connectivity index (χ0) is 41.7. The number of benzene rings is 2. The maximum absolute atomic E-state index is 12.6. The Balaban J connectivity index is 1.31. The third-order valence-electron chi connectivity index (χ3n) is 7.78. The molecule has 0 saturated heterocycles. The monoisotopic (exact) mass is 795 g/mol. The van der Waals surface area contributed by atoms with Crippen molar-refractivity contribution in [3.63, 3.8) is 0 Å². The van der Waals surface area contributed by atoms with E-state index in [1.807, 2.05) is 0 Å². The first-order chi connectivity index (χ1) is 27.3. The minimum Gasteiger partial charge on any atom is -0.489 e. The number of aryl methyl sites for hydroxylation is 1. The van der Waals surface area contributed by atoms with Crippen LogP contribution in [0.2, 0.25) is 0 Å².